The van der Waals surface area contributed by atoms with E-state index >= 15 is 0 Å². The van der Waals surface area contributed by atoms with Gasteiger partial charge in [0.1, 0.15) is 0 Å². The fraction of sp³-hybridized carbons (Fsp3) is 1.00. The van der Waals surface area contributed by atoms with Gasteiger partial charge in [0.05, 0.1) is 0 Å². The molecule has 0 aromatic rings. The van der Waals surface area contributed by atoms with E-state index < -0.39 is 0 Å². The molecule has 0 amide bonds. The molecule has 0 aromatic heterocycles. The van der Waals surface area contributed by atoms with Gasteiger partial charge in [-0.2, -0.15) is 0 Å². The minimum atomic E-state index is 0.533. The molecule has 0 aromatic carbocycles. The monoisotopic (exact) mass is 184 g/mol. The molecule has 0 saturated heterocycles. The maximum Gasteiger partial charge on any atom is 0.0190 e. The summed E-state index contributed by atoms with van der Waals surface area (Å²) < 4.78 is 0. The van der Waals surface area contributed by atoms with Crippen LogP contribution in [-0.2, 0) is 0 Å². The Morgan fingerprint density at radius 3 is 2.54 bits per heavy atom. The smallest absolute Gasteiger partial charge is 0.0190 e. The first-order valence-corrected chi connectivity index (χ1v) is 5.58. The molecule has 1 aliphatic rings. The fourth-order valence-electron chi connectivity index (χ4n) is 2.39. The molecule has 2 N–H and O–H groups in total. The Kier molecular flexibility index (Phi) is 4.20. The van der Waals surface area contributed by atoms with Crippen LogP contribution in [0.15, 0.2) is 0 Å². The van der Waals surface area contributed by atoms with Crippen LogP contribution < -0.4 is 5.73 Å². The summed E-state index contributed by atoms with van der Waals surface area (Å²) in [5.74, 6) is 0.854. The first kappa shape index (κ1) is 11.0. The Morgan fingerprint density at radius 2 is 2.00 bits per heavy atom. The molecule has 0 radical (unpaired) electrons. The Bertz CT molecular complexity index is 147. The van der Waals surface area contributed by atoms with Crippen molar-refractivity contribution in [2.75, 3.05) is 13.6 Å². The van der Waals surface area contributed by atoms with Crippen LogP contribution >= 0.6 is 0 Å². The SMILES string of the molecule is CC1CCCCC1N(C)C(C)CN. The van der Waals surface area contributed by atoms with E-state index in [1.54, 1.807) is 0 Å². The number of hydrogen-bond acceptors (Lipinski definition) is 2. The molecule has 3 atom stereocenters. The molecule has 3 unspecified atom stereocenters. The molecular formula is C11H24N2. The molecule has 1 saturated carbocycles. The number of hydrogen-bond donors (Lipinski definition) is 1. The van der Waals surface area contributed by atoms with Gasteiger partial charge in [0.25, 0.3) is 0 Å². The van der Waals surface area contributed by atoms with Gasteiger partial charge in [0, 0.05) is 18.6 Å². The highest BCUT2D eigenvalue weighted by Crippen LogP contribution is 2.28. The van der Waals surface area contributed by atoms with Crippen LogP contribution in [0.5, 0.6) is 0 Å². The molecule has 1 fully saturated rings. The average Bonchev–Trinajstić information content (AvgIpc) is 2.16. The molecule has 2 nitrogen and oxygen atoms in total. The van der Waals surface area contributed by atoms with E-state index in [9.17, 15) is 0 Å². The van der Waals surface area contributed by atoms with Crippen molar-refractivity contribution >= 4 is 0 Å². The summed E-state index contributed by atoms with van der Waals surface area (Å²) in [5, 5.41) is 0. The molecular weight excluding hydrogens is 160 g/mol. The van der Waals surface area contributed by atoms with Crippen molar-refractivity contribution in [2.24, 2.45) is 11.7 Å². The van der Waals surface area contributed by atoms with Gasteiger partial charge < -0.3 is 5.73 Å². The van der Waals surface area contributed by atoms with Gasteiger partial charge in [0.15, 0.2) is 0 Å². The van der Waals surface area contributed by atoms with Gasteiger partial charge in [0.2, 0.25) is 0 Å². The normalized spacial score (nSPS) is 32.1. The van der Waals surface area contributed by atoms with Crippen molar-refractivity contribution in [3.05, 3.63) is 0 Å². The Hall–Kier alpha value is -0.0800. The summed E-state index contributed by atoms with van der Waals surface area (Å²) in [6, 6.07) is 1.30. The van der Waals surface area contributed by atoms with Gasteiger partial charge in [-0.1, -0.05) is 19.8 Å². The molecule has 78 valence electrons. The average molecular weight is 184 g/mol. The third-order valence-corrected chi connectivity index (χ3v) is 3.63. The van der Waals surface area contributed by atoms with E-state index in [1.807, 2.05) is 0 Å². The van der Waals surface area contributed by atoms with Gasteiger partial charge >= 0.3 is 0 Å². The maximum absolute atomic E-state index is 5.68. The lowest BCUT2D eigenvalue weighted by Gasteiger charge is -2.39. The molecule has 2 heteroatoms. The van der Waals surface area contributed by atoms with Crippen molar-refractivity contribution < 1.29 is 0 Å². The lowest BCUT2D eigenvalue weighted by Crippen LogP contribution is -2.46. The van der Waals surface area contributed by atoms with E-state index in [0.29, 0.717) is 6.04 Å². The second-order valence-electron chi connectivity index (χ2n) is 4.58. The van der Waals surface area contributed by atoms with Crippen molar-refractivity contribution in [3.63, 3.8) is 0 Å². The highest BCUT2D eigenvalue weighted by Gasteiger charge is 2.26. The van der Waals surface area contributed by atoms with Gasteiger partial charge in [-0.05, 0) is 32.7 Å². The minimum Gasteiger partial charge on any atom is -0.329 e. The molecule has 1 rings (SSSR count). The van der Waals surface area contributed by atoms with Crippen LogP contribution in [0, 0.1) is 5.92 Å². The van der Waals surface area contributed by atoms with Gasteiger partial charge in [-0.3, -0.25) is 4.90 Å². The maximum atomic E-state index is 5.68. The quantitative estimate of drug-likeness (QED) is 0.725. The lowest BCUT2D eigenvalue weighted by molar-refractivity contribution is 0.107. The van der Waals surface area contributed by atoms with E-state index in [2.05, 4.69) is 25.8 Å². The molecule has 0 bridgehead atoms. The Labute approximate surface area is 82.5 Å². The molecule has 0 heterocycles. The zero-order valence-corrected chi connectivity index (χ0v) is 9.29. The van der Waals surface area contributed by atoms with Crippen LogP contribution in [0.3, 0.4) is 0 Å². The highest BCUT2D eigenvalue weighted by atomic mass is 15.2. The number of nitrogens with two attached hydrogens (primary N) is 1. The van der Waals surface area contributed by atoms with Gasteiger partial charge in [-0.25, -0.2) is 0 Å². The van der Waals surface area contributed by atoms with Crippen molar-refractivity contribution in [2.45, 2.75) is 51.6 Å². The zero-order valence-electron chi connectivity index (χ0n) is 9.29. The summed E-state index contributed by atoms with van der Waals surface area (Å²) in [6.07, 6.45) is 5.58. The topological polar surface area (TPSA) is 29.3 Å². The molecule has 0 spiro atoms. The number of likely N-dealkylation sites (N-methyl/N-ethyl adjacent to an activating group) is 1. The number of rotatable bonds is 3. The van der Waals surface area contributed by atoms with Crippen molar-refractivity contribution in [3.8, 4) is 0 Å². The van der Waals surface area contributed by atoms with Crippen LogP contribution in [0.1, 0.15) is 39.5 Å². The second kappa shape index (κ2) is 4.97. The van der Waals surface area contributed by atoms with Crippen molar-refractivity contribution in [1.82, 2.24) is 4.90 Å². The Morgan fingerprint density at radius 1 is 1.38 bits per heavy atom. The summed E-state index contributed by atoms with van der Waals surface area (Å²) >= 11 is 0. The van der Waals surface area contributed by atoms with Crippen molar-refractivity contribution in [1.29, 1.82) is 0 Å². The summed E-state index contributed by atoms with van der Waals surface area (Å²) in [5.41, 5.74) is 5.68. The molecule has 0 aliphatic heterocycles. The predicted molar refractivity (Wildman–Crippen MR) is 57.7 cm³/mol. The van der Waals surface area contributed by atoms with E-state index in [1.165, 1.54) is 25.7 Å². The third-order valence-electron chi connectivity index (χ3n) is 3.63. The Balaban J connectivity index is 2.47. The second-order valence-corrected chi connectivity index (χ2v) is 4.58. The van der Waals surface area contributed by atoms with Crippen LogP contribution in [0.4, 0.5) is 0 Å². The third kappa shape index (κ3) is 2.68. The minimum absolute atomic E-state index is 0.533. The first-order chi connectivity index (χ1) is 6.16. The predicted octanol–water partition coefficient (Wildman–Crippen LogP) is 1.84. The standard InChI is InChI=1S/C11H24N2/c1-9-6-4-5-7-11(9)13(3)10(2)8-12/h9-11H,4-8,12H2,1-3H3. The van der Waals surface area contributed by atoms with Crippen LogP contribution in [0.2, 0.25) is 0 Å². The summed E-state index contributed by atoms with van der Waals surface area (Å²) in [4.78, 5) is 2.48. The largest absolute Gasteiger partial charge is 0.329 e. The van der Waals surface area contributed by atoms with Crippen LogP contribution in [0.25, 0.3) is 0 Å². The summed E-state index contributed by atoms with van der Waals surface area (Å²) in [7, 11) is 2.23. The number of nitrogens with zero attached hydrogens (tertiary/aromatic N) is 1. The van der Waals surface area contributed by atoms with Crippen LogP contribution in [-0.4, -0.2) is 30.6 Å². The van der Waals surface area contributed by atoms with Gasteiger partial charge in [-0.15, -0.1) is 0 Å². The molecule has 1 aliphatic carbocycles. The van der Waals surface area contributed by atoms with E-state index in [-0.39, 0.29) is 0 Å². The zero-order chi connectivity index (χ0) is 9.84. The van der Waals surface area contributed by atoms with E-state index in [0.717, 1.165) is 18.5 Å². The molecule has 13 heavy (non-hydrogen) atoms. The lowest BCUT2D eigenvalue weighted by atomic mass is 9.84. The highest BCUT2D eigenvalue weighted by molar-refractivity contribution is 4.82. The fourth-order valence-corrected chi connectivity index (χ4v) is 2.39. The first-order valence-electron chi connectivity index (χ1n) is 5.58. The van der Waals surface area contributed by atoms with E-state index in [4.69, 9.17) is 5.73 Å². The summed E-state index contributed by atoms with van der Waals surface area (Å²) in [6.45, 7) is 5.38.